The van der Waals surface area contributed by atoms with E-state index in [9.17, 15) is 14.9 Å². The van der Waals surface area contributed by atoms with Gasteiger partial charge < -0.3 is 5.73 Å². The number of carbonyl (C=O) groups excluding carboxylic acids is 1. The smallest absolute Gasteiger partial charge is 0.269 e. The summed E-state index contributed by atoms with van der Waals surface area (Å²) in [5.41, 5.74) is 8.39. The van der Waals surface area contributed by atoms with Crippen molar-refractivity contribution in [2.45, 2.75) is 6.42 Å². The number of nitriles is 1. The molecule has 0 aliphatic heterocycles. The Hall–Kier alpha value is -4.78. The Morgan fingerprint density at radius 2 is 1.87 bits per heavy atom. The van der Waals surface area contributed by atoms with E-state index in [0.29, 0.717) is 16.8 Å². The van der Waals surface area contributed by atoms with Gasteiger partial charge in [-0.1, -0.05) is 18.2 Å². The predicted octanol–water partition coefficient (Wildman–Crippen LogP) is 2.98. The summed E-state index contributed by atoms with van der Waals surface area (Å²) < 4.78 is 2.62. The Labute approximate surface area is 175 Å². The molecule has 0 amide bonds. The normalized spacial score (nSPS) is 10.5. The fourth-order valence-corrected chi connectivity index (χ4v) is 3.12. The van der Waals surface area contributed by atoms with E-state index in [0.717, 1.165) is 10.4 Å². The number of nitrogens with zero attached hydrogens (tertiary/aromatic N) is 6. The Kier molecular flexibility index (Phi) is 4.99. The molecule has 0 bridgehead atoms. The Morgan fingerprint density at radius 1 is 1.16 bits per heavy atom. The first-order valence-electron chi connectivity index (χ1n) is 9.13. The maximum Gasteiger partial charge on any atom is 0.269 e. The van der Waals surface area contributed by atoms with Crippen molar-refractivity contribution < 1.29 is 9.72 Å². The summed E-state index contributed by atoms with van der Waals surface area (Å²) in [5, 5.41) is 28.5. The van der Waals surface area contributed by atoms with Crippen molar-refractivity contribution in [2.24, 2.45) is 0 Å². The molecule has 4 aromatic rings. The van der Waals surface area contributed by atoms with Crippen LogP contribution in [0.15, 0.2) is 67.0 Å². The van der Waals surface area contributed by atoms with Gasteiger partial charge in [-0.2, -0.15) is 20.1 Å². The number of aromatic nitrogens is 4. The number of nitrogens with two attached hydrogens (primary N) is 1. The van der Waals surface area contributed by atoms with E-state index in [1.165, 1.54) is 18.3 Å². The highest BCUT2D eigenvalue weighted by Gasteiger charge is 2.20. The molecule has 0 saturated carbocycles. The van der Waals surface area contributed by atoms with Crippen LogP contribution in [0.2, 0.25) is 0 Å². The van der Waals surface area contributed by atoms with Gasteiger partial charge in [0.2, 0.25) is 0 Å². The molecule has 0 spiro atoms. The number of anilines is 1. The van der Waals surface area contributed by atoms with Gasteiger partial charge in [0.25, 0.3) is 11.6 Å². The minimum Gasteiger partial charge on any atom is -0.382 e. The first-order chi connectivity index (χ1) is 15.0. The van der Waals surface area contributed by atoms with Crippen molar-refractivity contribution in [1.29, 1.82) is 5.26 Å². The second-order valence-electron chi connectivity index (χ2n) is 6.62. The number of carbonyl (C=O) groups is 1. The van der Waals surface area contributed by atoms with Gasteiger partial charge in [-0.3, -0.25) is 14.9 Å². The van der Waals surface area contributed by atoms with Gasteiger partial charge in [-0.15, -0.1) is 0 Å². The van der Waals surface area contributed by atoms with Gasteiger partial charge in [0.1, 0.15) is 17.5 Å². The Morgan fingerprint density at radius 3 is 2.48 bits per heavy atom. The minimum atomic E-state index is -0.482. The van der Waals surface area contributed by atoms with E-state index >= 15 is 0 Å². The molecule has 0 fully saturated rings. The van der Waals surface area contributed by atoms with Crippen LogP contribution >= 0.6 is 0 Å². The second-order valence-corrected chi connectivity index (χ2v) is 6.62. The van der Waals surface area contributed by atoms with Crippen molar-refractivity contribution in [2.75, 3.05) is 5.73 Å². The number of hydrogen-bond donors (Lipinski definition) is 1. The van der Waals surface area contributed by atoms with Crippen LogP contribution in [0.25, 0.3) is 16.9 Å². The van der Waals surface area contributed by atoms with E-state index in [4.69, 9.17) is 11.0 Å². The van der Waals surface area contributed by atoms with Crippen molar-refractivity contribution >= 4 is 17.4 Å². The van der Waals surface area contributed by atoms with Gasteiger partial charge in [0, 0.05) is 29.5 Å². The largest absolute Gasteiger partial charge is 0.382 e. The lowest BCUT2D eigenvalue weighted by atomic mass is 10.1. The number of rotatable bonds is 5. The highest BCUT2D eigenvalue weighted by atomic mass is 16.6. The summed E-state index contributed by atoms with van der Waals surface area (Å²) in [7, 11) is 0. The van der Waals surface area contributed by atoms with Crippen LogP contribution < -0.4 is 5.73 Å². The molecule has 10 heteroatoms. The maximum absolute atomic E-state index is 12.8. The Bertz CT molecular complexity index is 1320. The standard InChI is InChI=1S/C21H15N7O3/c22-11-16-12-24-27(21(16)23)19(29)10-15-13-26(17-4-2-1-3-5-17)25-20(15)14-6-8-18(9-7-14)28(30)31/h1-9,12-13H,10,23H2. The molecule has 2 aromatic carbocycles. The molecule has 0 atom stereocenters. The molecule has 10 nitrogen and oxygen atoms in total. The third kappa shape index (κ3) is 3.75. The minimum absolute atomic E-state index is 0.0279. The highest BCUT2D eigenvalue weighted by Crippen LogP contribution is 2.27. The molecule has 0 aliphatic rings. The van der Waals surface area contributed by atoms with Crippen LogP contribution in [0.1, 0.15) is 15.9 Å². The molecule has 4 rings (SSSR count). The van der Waals surface area contributed by atoms with Crippen molar-refractivity contribution in [3.8, 4) is 23.0 Å². The van der Waals surface area contributed by atoms with Gasteiger partial charge >= 0.3 is 0 Å². The number of non-ortho nitro benzene ring substituents is 1. The molecule has 2 N–H and O–H groups in total. The molecular weight excluding hydrogens is 398 g/mol. The van der Waals surface area contributed by atoms with Gasteiger partial charge in [0.05, 0.1) is 28.9 Å². The average Bonchev–Trinajstić information content (AvgIpc) is 3.37. The molecule has 2 heterocycles. The fourth-order valence-electron chi connectivity index (χ4n) is 3.12. The van der Waals surface area contributed by atoms with E-state index in [2.05, 4.69) is 10.2 Å². The molecule has 31 heavy (non-hydrogen) atoms. The third-order valence-electron chi connectivity index (χ3n) is 4.67. The number of para-hydroxylation sites is 1. The maximum atomic E-state index is 12.8. The molecule has 0 aliphatic carbocycles. The lowest BCUT2D eigenvalue weighted by Crippen LogP contribution is -2.17. The van der Waals surface area contributed by atoms with Gasteiger partial charge in [-0.05, 0) is 24.3 Å². The van der Waals surface area contributed by atoms with E-state index in [-0.39, 0.29) is 23.5 Å². The number of nitro benzene ring substituents is 1. The molecular formula is C21H15N7O3. The summed E-state index contributed by atoms with van der Waals surface area (Å²) in [5.74, 6) is -0.463. The summed E-state index contributed by atoms with van der Waals surface area (Å²) >= 11 is 0. The van der Waals surface area contributed by atoms with E-state index in [1.54, 1.807) is 23.0 Å². The van der Waals surface area contributed by atoms with E-state index in [1.807, 2.05) is 36.4 Å². The fraction of sp³-hybridized carbons (Fsp3) is 0.0476. The highest BCUT2D eigenvalue weighted by molar-refractivity contribution is 5.85. The first kappa shape index (κ1) is 19.5. The second kappa shape index (κ2) is 7.92. The SMILES string of the molecule is N#Cc1cnn(C(=O)Cc2cn(-c3ccccc3)nc2-c2ccc([N+](=O)[O-])cc2)c1N. The Balaban J connectivity index is 1.75. The van der Waals surface area contributed by atoms with Crippen LogP contribution in [0.3, 0.4) is 0 Å². The zero-order valence-corrected chi connectivity index (χ0v) is 16.0. The quantitative estimate of drug-likeness (QED) is 0.391. The van der Waals surface area contributed by atoms with Crippen LogP contribution in [0, 0.1) is 21.4 Å². The summed E-state index contributed by atoms with van der Waals surface area (Å²) in [6.07, 6.45) is 2.86. The lowest BCUT2D eigenvalue weighted by Gasteiger charge is -2.04. The number of nitrogen functional groups attached to an aromatic ring is 1. The van der Waals surface area contributed by atoms with E-state index < -0.39 is 10.8 Å². The molecule has 0 saturated heterocycles. The van der Waals surface area contributed by atoms with Crippen LogP contribution in [0.4, 0.5) is 11.5 Å². The number of nitro groups is 1. The molecule has 0 unspecified atom stereocenters. The molecule has 2 aromatic heterocycles. The summed E-state index contributed by atoms with van der Waals surface area (Å²) in [6, 6.07) is 17.1. The van der Waals surface area contributed by atoms with Gasteiger partial charge in [0.15, 0.2) is 0 Å². The zero-order chi connectivity index (χ0) is 22.0. The average molecular weight is 413 g/mol. The van der Waals surface area contributed by atoms with Crippen molar-refractivity contribution in [1.82, 2.24) is 19.6 Å². The summed E-state index contributed by atoms with van der Waals surface area (Å²) in [6.45, 7) is 0. The lowest BCUT2D eigenvalue weighted by molar-refractivity contribution is -0.384. The molecule has 0 radical (unpaired) electrons. The predicted molar refractivity (Wildman–Crippen MR) is 111 cm³/mol. The van der Waals surface area contributed by atoms with Crippen LogP contribution in [-0.2, 0) is 6.42 Å². The monoisotopic (exact) mass is 413 g/mol. The van der Waals surface area contributed by atoms with Crippen LogP contribution in [-0.4, -0.2) is 30.4 Å². The number of benzene rings is 2. The molecule has 152 valence electrons. The number of hydrogen-bond acceptors (Lipinski definition) is 7. The van der Waals surface area contributed by atoms with Crippen molar-refractivity contribution in [3.63, 3.8) is 0 Å². The third-order valence-corrected chi connectivity index (χ3v) is 4.67. The first-order valence-corrected chi connectivity index (χ1v) is 9.13. The summed E-state index contributed by atoms with van der Waals surface area (Å²) in [4.78, 5) is 23.3. The van der Waals surface area contributed by atoms with Gasteiger partial charge in [-0.25, -0.2) is 4.68 Å². The van der Waals surface area contributed by atoms with Crippen LogP contribution in [0.5, 0.6) is 0 Å². The van der Waals surface area contributed by atoms with Crippen molar-refractivity contribution in [3.05, 3.63) is 88.2 Å². The topological polar surface area (TPSA) is 146 Å². The zero-order valence-electron chi connectivity index (χ0n) is 16.0.